The SMILES string of the molecule is CCCCCOc1c(-c2ccc(CS(=O)[O-])cc2)cnn(-c2ccc(F)cc2)c1=O. The summed E-state index contributed by atoms with van der Waals surface area (Å²) in [5, 5.41) is 4.23. The van der Waals surface area contributed by atoms with Gasteiger partial charge in [-0.2, -0.15) is 9.78 Å². The molecule has 1 atom stereocenters. The highest BCUT2D eigenvalue weighted by molar-refractivity contribution is 7.78. The van der Waals surface area contributed by atoms with Gasteiger partial charge in [-0.05, 0) is 41.8 Å². The number of halogens is 1. The smallest absolute Gasteiger partial charge is 0.314 e. The monoisotopic (exact) mass is 429 g/mol. The third-order valence-corrected chi connectivity index (χ3v) is 5.12. The van der Waals surface area contributed by atoms with E-state index in [2.05, 4.69) is 12.0 Å². The maximum Gasteiger partial charge on any atom is 0.314 e. The molecule has 3 rings (SSSR count). The minimum atomic E-state index is -2.18. The van der Waals surface area contributed by atoms with Crippen molar-refractivity contribution in [3.8, 4) is 22.6 Å². The molecule has 0 spiro atoms. The highest BCUT2D eigenvalue weighted by Crippen LogP contribution is 2.27. The third-order valence-electron chi connectivity index (χ3n) is 4.55. The van der Waals surface area contributed by atoms with Crippen LogP contribution in [0.3, 0.4) is 0 Å². The Labute approximate surface area is 176 Å². The van der Waals surface area contributed by atoms with E-state index in [0.29, 0.717) is 29.0 Å². The van der Waals surface area contributed by atoms with Crippen molar-refractivity contribution >= 4 is 11.1 Å². The van der Waals surface area contributed by atoms with Gasteiger partial charge in [-0.15, -0.1) is 0 Å². The summed E-state index contributed by atoms with van der Waals surface area (Å²) in [5.41, 5.74) is 1.84. The summed E-state index contributed by atoms with van der Waals surface area (Å²) >= 11 is -2.18. The van der Waals surface area contributed by atoms with Crippen LogP contribution in [0.5, 0.6) is 5.75 Å². The van der Waals surface area contributed by atoms with Gasteiger partial charge in [0, 0.05) is 11.3 Å². The van der Waals surface area contributed by atoms with Gasteiger partial charge >= 0.3 is 5.56 Å². The molecule has 0 saturated heterocycles. The molecule has 30 heavy (non-hydrogen) atoms. The molecule has 2 aromatic carbocycles. The first-order chi connectivity index (χ1) is 14.5. The molecule has 0 bridgehead atoms. The molecule has 0 aliphatic heterocycles. The van der Waals surface area contributed by atoms with Crippen molar-refractivity contribution in [3.05, 3.63) is 76.5 Å². The van der Waals surface area contributed by atoms with Gasteiger partial charge in [0.1, 0.15) is 5.82 Å². The second-order valence-corrected chi connectivity index (χ2v) is 7.68. The summed E-state index contributed by atoms with van der Waals surface area (Å²) in [6.45, 7) is 2.46. The molecule has 1 aromatic heterocycles. The van der Waals surface area contributed by atoms with Crippen LogP contribution in [-0.4, -0.2) is 25.1 Å². The Morgan fingerprint density at radius 2 is 1.80 bits per heavy atom. The average molecular weight is 429 g/mol. The summed E-state index contributed by atoms with van der Waals surface area (Å²) in [6.07, 6.45) is 4.34. The summed E-state index contributed by atoms with van der Waals surface area (Å²) in [6, 6.07) is 12.3. The van der Waals surface area contributed by atoms with Crippen LogP contribution in [0.1, 0.15) is 31.7 Å². The number of aromatic nitrogens is 2. The summed E-state index contributed by atoms with van der Waals surface area (Å²) in [7, 11) is 0. The number of rotatable bonds is 9. The highest BCUT2D eigenvalue weighted by atomic mass is 32.2. The molecule has 0 saturated carbocycles. The largest absolute Gasteiger partial charge is 0.772 e. The predicted octanol–water partition coefficient (Wildman–Crippen LogP) is 3.99. The van der Waals surface area contributed by atoms with Crippen molar-refractivity contribution in [1.29, 1.82) is 0 Å². The summed E-state index contributed by atoms with van der Waals surface area (Å²) < 4.78 is 42.1. The lowest BCUT2D eigenvalue weighted by atomic mass is 10.1. The van der Waals surface area contributed by atoms with E-state index in [4.69, 9.17) is 4.74 Å². The van der Waals surface area contributed by atoms with E-state index in [0.717, 1.165) is 19.3 Å². The lowest BCUT2D eigenvalue weighted by molar-refractivity contribution is 0.301. The highest BCUT2D eigenvalue weighted by Gasteiger charge is 2.16. The number of hydrogen-bond acceptors (Lipinski definition) is 5. The van der Waals surface area contributed by atoms with Crippen LogP contribution in [-0.2, 0) is 16.8 Å². The molecule has 6 nitrogen and oxygen atoms in total. The van der Waals surface area contributed by atoms with Crippen LogP contribution in [0.15, 0.2) is 59.5 Å². The standard InChI is InChI=1S/C22H23FN2O4S/c1-2-3-4-13-29-21-20(17-7-5-16(6-8-17)15-30(27)28)14-24-25(22(21)26)19-11-9-18(23)10-12-19/h5-12,14H,2-4,13,15H2,1H3,(H,27,28)/p-1. The van der Waals surface area contributed by atoms with Crippen molar-refractivity contribution in [2.24, 2.45) is 0 Å². The molecule has 1 heterocycles. The molecule has 0 fully saturated rings. The Balaban J connectivity index is 2.00. The van der Waals surface area contributed by atoms with E-state index >= 15 is 0 Å². The number of unbranched alkanes of at least 4 members (excludes halogenated alkanes) is 2. The molecule has 0 aliphatic carbocycles. The van der Waals surface area contributed by atoms with Crippen molar-refractivity contribution in [3.63, 3.8) is 0 Å². The molecule has 0 amide bonds. The van der Waals surface area contributed by atoms with Gasteiger partial charge < -0.3 is 9.29 Å². The van der Waals surface area contributed by atoms with Crippen molar-refractivity contribution in [1.82, 2.24) is 9.78 Å². The van der Waals surface area contributed by atoms with Gasteiger partial charge in [-0.3, -0.25) is 9.00 Å². The maximum atomic E-state index is 13.2. The van der Waals surface area contributed by atoms with E-state index in [1.165, 1.54) is 35.1 Å². The number of ether oxygens (including phenoxy) is 1. The van der Waals surface area contributed by atoms with Crippen LogP contribution in [0.4, 0.5) is 4.39 Å². The van der Waals surface area contributed by atoms with Gasteiger partial charge in [0.2, 0.25) is 0 Å². The molecule has 0 N–H and O–H groups in total. The summed E-state index contributed by atoms with van der Waals surface area (Å²) in [4.78, 5) is 13.1. The zero-order valence-electron chi connectivity index (χ0n) is 16.5. The summed E-state index contributed by atoms with van der Waals surface area (Å²) in [5.74, 6) is -0.324. The maximum absolute atomic E-state index is 13.2. The Bertz CT molecular complexity index is 1070. The predicted molar refractivity (Wildman–Crippen MR) is 113 cm³/mol. The second-order valence-electron chi connectivity index (χ2n) is 6.78. The second kappa shape index (κ2) is 10.3. The zero-order valence-corrected chi connectivity index (χ0v) is 17.4. The minimum absolute atomic E-state index is 0.0783. The van der Waals surface area contributed by atoms with Crippen LogP contribution in [0.25, 0.3) is 16.8 Å². The lowest BCUT2D eigenvalue weighted by Crippen LogP contribution is -2.24. The molecule has 1 unspecified atom stereocenters. The Morgan fingerprint density at radius 1 is 1.10 bits per heavy atom. The van der Waals surface area contributed by atoms with E-state index in [9.17, 15) is 17.9 Å². The molecular weight excluding hydrogens is 407 g/mol. The fourth-order valence-corrected chi connectivity index (χ4v) is 3.46. The van der Waals surface area contributed by atoms with E-state index in [1.807, 2.05) is 0 Å². The van der Waals surface area contributed by atoms with Gasteiger partial charge in [0.15, 0.2) is 5.75 Å². The van der Waals surface area contributed by atoms with E-state index in [-0.39, 0.29) is 11.5 Å². The average Bonchev–Trinajstić information content (AvgIpc) is 2.73. The van der Waals surface area contributed by atoms with Crippen LogP contribution in [0, 0.1) is 5.82 Å². The molecule has 0 aliphatic rings. The van der Waals surface area contributed by atoms with E-state index < -0.39 is 22.5 Å². The van der Waals surface area contributed by atoms with Gasteiger partial charge in [0.05, 0.1) is 18.5 Å². The Hall–Kier alpha value is -2.84. The molecular formula is C22H22FN2O4S-. The van der Waals surface area contributed by atoms with Gasteiger partial charge in [0.25, 0.3) is 0 Å². The normalized spacial score (nSPS) is 12.0. The van der Waals surface area contributed by atoms with Gasteiger partial charge in [-0.25, -0.2) is 4.39 Å². The molecule has 0 radical (unpaired) electrons. The quantitative estimate of drug-likeness (QED) is 0.379. The van der Waals surface area contributed by atoms with Crippen molar-refractivity contribution in [2.45, 2.75) is 31.9 Å². The third kappa shape index (κ3) is 5.40. The minimum Gasteiger partial charge on any atom is -0.772 e. The first-order valence-corrected chi connectivity index (χ1v) is 10.9. The Morgan fingerprint density at radius 3 is 2.43 bits per heavy atom. The fraction of sp³-hybridized carbons (Fsp3) is 0.273. The van der Waals surface area contributed by atoms with Crippen LogP contribution >= 0.6 is 0 Å². The fourth-order valence-electron chi connectivity index (χ4n) is 2.99. The Kier molecular flexibility index (Phi) is 7.48. The van der Waals surface area contributed by atoms with Crippen molar-refractivity contribution in [2.75, 3.05) is 6.61 Å². The van der Waals surface area contributed by atoms with Gasteiger partial charge in [-0.1, -0.05) is 55.1 Å². The van der Waals surface area contributed by atoms with Crippen LogP contribution in [0.2, 0.25) is 0 Å². The molecule has 158 valence electrons. The molecule has 3 aromatic rings. The number of hydrogen-bond donors (Lipinski definition) is 0. The zero-order chi connectivity index (χ0) is 21.5. The van der Waals surface area contributed by atoms with E-state index in [1.54, 1.807) is 24.3 Å². The van der Waals surface area contributed by atoms with Crippen molar-refractivity contribution < 1.29 is 17.9 Å². The van der Waals surface area contributed by atoms with Crippen LogP contribution < -0.4 is 10.3 Å². The molecule has 8 heteroatoms. The number of benzene rings is 2. The first-order valence-electron chi connectivity index (χ1n) is 9.66. The first kappa shape index (κ1) is 21.9. The lowest BCUT2D eigenvalue weighted by Gasteiger charge is -2.14. The topological polar surface area (TPSA) is 84.2 Å². The number of nitrogens with zero attached hydrogens (tertiary/aromatic N) is 2.